The summed E-state index contributed by atoms with van der Waals surface area (Å²) in [7, 11) is 1.46. The van der Waals surface area contributed by atoms with Crippen molar-refractivity contribution in [2.24, 2.45) is 0 Å². The molecule has 1 heterocycles. The number of benzene rings is 2. The van der Waals surface area contributed by atoms with E-state index in [1.807, 2.05) is 0 Å². The lowest BCUT2D eigenvalue weighted by molar-refractivity contribution is -0.137. The molecule has 0 radical (unpaired) electrons. The summed E-state index contributed by atoms with van der Waals surface area (Å²) in [6.07, 6.45) is -4.59. The summed E-state index contributed by atoms with van der Waals surface area (Å²) in [5.41, 5.74) is -0.652. The monoisotopic (exact) mass is 410 g/mol. The van der Waals surface area contributed by atoms with Gasteiger partial charge in [0, 0.05) is 12.7 Å². The number of nitrogens with one attached hydrogen (secondary N) is 2. The maximum atomic E-state index is 13.1. The summed E-state index contributed by atoms with van der Waals surface area (Å²) in [6.45, 7) is 0.177. The molecule has 2 N–H and O–H groups in total. The molecular weight excluding hydrogens is 393 g/mol. The average Bonchev–Trinajstić information content (AvgIpc) is 2.67. The molecule has 29 heavy (non-hydrogen) atoms. The lowest BCUT2D eigenvalue weighted by Gasteiger charge is -2.19. The highest BCUT2D eigenvalue weighted by atomic mass is 19.4. The van der Waals surface area contributed by atoms with Crippen molar-refractivity contribution in [1.29, 1.82) is 0 Å². The second kappa shape index (κ2) is 8.39. The summed E-state index contributed by atoms with van der Waals surface area (Å²) < 4.78 is 54.7. The zero-order valence-corrected chi connectivity index (χ0v) is 15.3. The number of methoxy groups -OCH3 is 1. The Hall–Kier alpha value is -3.27. The van der Waals surface area contributed by atoms with Gasteiger partial charge in [0.2, 0.25) is 0 Å². The Morgan fingerprint density at radius 2 is 2.00 bits per heavy atom. The number of amides is 2. The van der Waals surface area contributed by atoms with Crippen molar-refractivity contribution in [1.82, 2.24) is 0 Å². The summed E-state index contributed by atoms with van der Waals surface area (Å²) in [4.78, 5) is 24.0. The molecule has 0 saturated heterocycles. The fourth-order valence-corrected chi connectivity index (χ4v) is 2.58. The van der Waals surface area contributed by atoms with Gasteiger partial charge in [-0.1, -0.05) is 0 Å². The summed E-state index contributed by atoms with van der Waals surface area (Å²) >= 11 is 0. The lowest BCUT2D eigenvalue weighted by Crippen LogP contribution is -2.25. The minimum Gasteiger partial charge on any atom is -0.489 e. The zero-order valence-electron chi connectivity index (χ0n) is 15.3. The van der Waals surface area contributed by atoms with Crippen molar-refractivity contribution in [3.63, 3.8) is 0 Å². The Morgan fingerprint density at radius 3 is 2.72 bits per heavy atom. The van der Waals surface area contributed by atoms with E-state index in [2.05, 4.69) is 10.6 Å². The maximum absolute atomic E-state index is 13.1. The van der Waals surface area contributed by atoms with Crippen LogP contribution in [0.5, 0.6) is 11.5 Å². The van der Waals surface area contributed by atoms with E-state index < -0.39 is 17.6 Å². The highest BCUT2D eigenvalue weighted by Crippen LogP contribution is 2.35. The molecule has 1 aliphatic heterocycles. The molecule has 0 fully saturated rings. The van der Waals surface area contributed by atoms with E-state index in [1.54, 1.807) is 0 Å². The first-order chi connectivity index (χ1) is 13.8. The normalized spacial score (nSPS) is 13.2. The van der Waals surface area contributed by atoms with Crippen LogP contribution in [0.4, 0.5) is 24.5 Å². The van der Waals surface area contributed by atoms with Gasteiger partial charge < -0.3 is 24.8 Å². The SMILES string of the molecule is COCCOc1ccc(C(F)(F)F)cc1NC(=O)c1ccc2c(c1)NC(=O)CO2. The fraction of sp³-hybridized carbons (Fsp3) is 0.263. The number of alkyl halides is 3. The number of anilines is 2. The molecule has 2 aromatic rings. The number of fused-ring (bicyclic) bond motifs is 1. The smallest absolute Gasteiger partial charge is 0.416 e. The zero-order chi connectivity index (χ0) is 21.0. The Labute approximate surface area is 163 Å². The first kappa shape index (κ1) is 20.5. The Morgan fingerprint density at radius 1 is 1.21 bits per heavy atom. The second-order valence-electron chi connectivity index (χ2n) is 6.05. The van der Waals surface area contributed by atoms with Gasteiger partial charge in [0.1, 0.15) is 18.1 Å². The van der Waals surface area contributed by atoms with Crippen LogP contribution < -0.4 is 20.1 Å². The number of carbonyl (C=O) groups excluding carboxylic acids is 2. The van der Waals surface area contributed by atoms with Crippen LogP contribution >= 0.6 is 0 Å². The van der Waals surface area contributed by atoms with Crippen molar-refractivity contribution in [3.8, 4) is 11.5 Å². The second-order valence-corrected chi connectivity index (χ2v) is 6.05. The van der Waals surface area contributed by atoms with Crippen LogP contribution in [0.25, 0.3) is 0 Å². The van der Waals surface area contributed by atoms with Crippen LogP contribution in [0, 0.1) is 0 Å². The number of rotatable bonds is 6. The van der Waals surface area contributed by atoms with E-state index in [4.69, 9.17) is 14.2 Å². The fourth-order valence-electron chi connectivity index (χ4n) is 2.58. The standard InChI is InChI=1S/C19H17F3N2O5/c1-27-6-7-28-15-5-3-12(19(20,21)22)9-14(15)24-18(26)11-2-4-16-13(8-11)23-17(25)10-29-16/h2-5,8-9H,6-7,10H2,1H3,(H,23,25)(H,24,26). The molecule has 7 nitrogen and oxygen atoms in total. The van der Waals surface area contributed by atoms with Gasteiger partial charge in [0.05, 0.1) is 23.5 Å². The molecular formula is C19H17F3N2O5. The Bertz CT molecular complexity index is 931. The van der Waals surface area contributed by atoms with Gasteiger partial charge in [0.15, 0.2) is 6.61 Å². The molecule has 1 aliphatic rings. The quantitative estimate of drug-likeness (QED) is 0.714. The van der Waals surface area contributed by atoms with Gasteiger partial charge in [-0.05, 0) is 36.4 Å². The third-order valence-corrected chi connectivity index (χ3v) is 3.97. The molecule has 2 amide bonds. The molecule has 0 saturated carbocycles. The first-order valence-electron chi connectivity index (χ1n) is 8.49. The van der Waals surface area contributed by atoms with Gasteiger partial charge in [-0.2, -0.15) is 13.2 Å². The molecule has 0 unspecified atom stereocenters. The van der Waals surface area contributed by atoms with E-state index in [9.17, 15) is 22.8 Å². The van der Waals surface area contributed by atoms with E-state index >= 15 is 0 Å². The van der Waals surface area contributed by atoms with E-state index in [1.165, 1.54) is 25.3 Å². The largest absolute Gasteiger partial charge is 0.489 e. The maximum Gasteiger partial charge on any atom is 0.416 e. The topological polar surface area (TPSA) is 85.9 Å². The predicted molar refractivity (Wildman–Crippen MR) is 97.3 cm³/mol. The van der Waals surface area contributed by atoms with Crippen LogP contribution in [-0.4, -0.2) is 38.7 Å². The van der Waals surface area contributed by atoms with Crippen LogP contribution in [0.15, 0.2) is 36.4 Å². The minimum atomic E-state index is -4.59. The average molecular weight is 410 g/mol. The minimum absolute atomic E-state index is 0.0676. The molecule has 154 valence electrons. The van der Waals surface area contributed by atoms with Crippen molar-refractivity contribution >= 4 is 23.2 Å². The Kier molecular flexibility index (Phi) is 5.92. The van der Waals surface area contributed by atoms with E-state index in [0.29, 0.717) is 11.4 Å². The van der Waals surface area contributed by atoms with E-state index in [0.717, 1.165) is 18.2 Å². The van der Waals surface area contributed by atoms with Crippen molar-refractivity contribution in [3.05, 3.63) is 47.5 Å². The molecule has 0 spiro atoms. The third kappa shape index (κ3) is 4.96. The van der Waals surface area contributed by atoms with Crippen molar-refractivity contribution in [2.75, 3.05) is 37.6 Å². The number of hydrogen-bond donors (Lipinski definition) is 2. The number of carbonyl (C=O) groups is 2. The Balaban J connectivity index is 1.86. The highest BCUT2D eigenvalue weighted by molar-refractivity contribution is 6.07. The molecule has 0 aliphatic carbocycles. The van der Waals surface area contributed by atoms with Gasteiger partial charge in [0.25, 0.3) is 11.8 Å². The van der Waals surface area contributed by atoms with Gasteiger partial charge in [-0.3, -0.25) is 9.59 Å². The number of hydrogen-bond acceptors (Lipinski definition) is 5. The molecule has 0 bridgehead atoms. The van der Waals surface area contributed by atoms with Crippen LogP contribution in [0.2, 0.25) is 0 Å². The molecule has 10 heteroatoms. The van der Waals surface area contributed by atoms with Gasteiger partial charge in [-0.25, -0.2) is 0 Å². The third-order valence-electron chi connectivity index (χ3n) is 3.97. The van der Waals surface area contributed by atoms with Gasteiger partial charge >= 0.3 is 6.18 Å². The first-order valence-corrected chi connectivity index (χ1v) is 8.49. The van der Waals surface area contributed by atoms with Crippen LogP contribution in [0.1, 0.15) is 15.9 Å². The van der Waals surface area contributed by atoms with Crippen LogP contribution in [-0.2, 0) is 15.7 Å². The molecule has 0 atom stereocenters. The summed E-state index contributed by atoms with van der Waals surface area (Å²) in [5.74, 6) is -0.591. The van der Waals surface area contributed by atoms with Crippen molar-refractivity contribution in [2.45, 2.75) is 6.18 Å². The predicted octanol–water partition coefficient (Wildman–Crippen LogP) is 3.31. The van der Waals surface area contributed by atoms with Crippen molar-refractivity contribution < 1.29 is 37.0 Å². The molecule has 3 rings (SSSR count). The van der Waals surface area contributed by atoms with Gasteiger partial charge in [-0.15, -0.1) is 0 Å². The van der Waals surface area contributed by atoms with E-state index in [-0.39, 0.29) is 42.7 Å². The summed E-state index contributed by atoms with van der Waals surface area (Å²) in [5, 5.41) is 4.99. The number of halogens is 3. The summed E-state index contributed by atoms with van der Waals surface area (Å²) in [6, 6.07) is 7.10. The highest BCUT2D eigenvalue weighted by Gasteiger charge is 2.31. The molecule has 0 aromatic heterocycles. The lowest BCUT2D eigenvalue weighted by atomic mass is 10.1. The number of ether oxygens (including phenoxy) is 3. The van der Waals surface area contributed by atoms with Crippen LogP contribution in [0.3, 0.4) is 0 Å². The molecule has 2 aromatic carbocycles.